The van der Waals surface area contributed by atoms with E-state index in [4.69, 9.17) is 5.11 Å². The van der Waals surface area contributed by atoms with Crippen LogP contribution in [0.4, 0.5) is 0 Å². The highest BCUT2D eigenvalue weighted by Gasteiger charge is 2.23. The summed E-state index contributed by atoms with van der Waals surface area (Å²) in [6.45, 7) is 3.24. The Balaban J connectivity index is 4.38. The second-order valence-corrected chi connectivity index (χ2v) is 4.78. The molecule has 0 spiro atoms. The van der Waals surface area contributed by atoms with Gasteiger partial charge in [0, 0.05) is 6.26 Å². The van der Waals surface area contributed by atoms with E-state index in [2.05, 4.69) is 0 Å². The van der Waals surface area contributed by atoms with E-state index in [1.807, 2.05) is 0 Å². The molecule has 0 unspecified atom stereocenters. The Bertz CT molecular complexity index is 181. The van der Waals surface area contributed by atoms with Gasteiger partial charge in [-0.05, 0) is 13.3 Å². The first-order chi connectivity index (χ1) is 4.39. The quantitative estimate of drug-likeness (QED) is 0.651. The first-order valence-electron chi connectivity index (χ1n) is 3.26. The van der Waals surface area contributed by atoms with E-state index in [0.717, 1.165) is 6.26 Å². The molecule has 0 heterocycles. The molecule has 0 aromatic heterocycles. The summed E-state index contributed by atoms with van der Waals surface area (Å²) in [5, 5.41) is 8.36. The van der Waals surface area contributed by atoms with E-state index in [0.29, 0.717) is 6.42 Å². The molecule has 0 aromatic carbocycles. The summed E-state index contributed by atoms with van der Waals surface area (Å²) in [5.41, 5.74) is 0. The number of hydrogen-bond acceptors (Lipinski definition) is 3. The molecule has 0 amide bonds. The Kier molecular flexibility index (Phi) is 3.31. The normalized spacial score (nSPS) is 18.4. The van der Waals surface area contributed by atoms with Crippen molar-refractivity contribution in [1.82, 2.24) is 0 Å². The lowest BCUT2D eigenvalue weighted by Gasteiger charge is -2.14. The number of aliphatic hydroxyl groups is 1. The number of rotatable bonds is 3. The zero-order valence-corrected chi connectivity index (χ0v) is 7.35. The van der Waals surface area contributed by atoms with Gasteiger partial charge in [0.05, 0.1) is 11.4 Å². The molecule has 0 aliphatic rings. The molecular formula is C6H14O3S. The van der Waals surface area contributed by atoms with Gasteiger partial charge in [0.2, 0.25) is 0 Å². The van der Waals surface area contributed by atoms with Crippen LogP contribution in [-0.2, 0) is 9.84 Å². The molecule has 62 valence electrons. The first-order valence-corrected chi connectivity index (χ1v) is 5.22. The molecular weight excluding hydrogens is 152 g/mol. The predicted molar refractivity (Wildman–Crippen MR) is 40.6 cm³/mol. The zero-order valence-electron chi connectivity index (χ0n) is 6.53. The van der Waals surface area contributed by atoms with Gasteiger partial charge >= 0.3 is 0 Å². The summed E-state index contributed by atoms with van der Waals surface area (Å²) in [5.74, 6) is 0. The Hall–Kier alpha value is -0.0900. The highest BCUT2D eigenvalue weighted by atomic mass is 32.2. The molecule has 0 saturated carbocycles. The summed E-state index contributed by atoms with van der Waals surface area (Å²) in [4.78, 5) is 0. The Morgan fingerprint density at radius 2 is 1.90 bits per heavy atom. The Labute approximate surface area is 62.0 Å². The molecule has 0 rings (SSSR count). The van der Waals surface area contributed by atoms with Crippen molar-refractivity contribution in [2.45, 2.75) is 31.6 Å². The van der Waals surface area contributed by atoms with Crippen LogP contribution < -0.4 is 0 Å². The molecule has 0 aliphatic carbocycles. The van der Waals surface area contributed by atoms with Gasteiger partial charge in [0.25, 0.3) is 0 Å². The highest BCUT2D eigenvalue weighted by Crippen LogP contribution is 2.08. The number of sulfone groups is 1. The molecule has 0 aromatic rings. The van der Waals surface area contributed by atoms with Crippen molar-refractivity contribution in [3.63, 3.8) is 0 Å². The minimum absolute atomic E-state index is 0.469. The Morgan fingerprint density at radius 1 is 1.50 bits per heavy atom. The fourth-order valence-corrected chi connectivity index (χ4v) is 2.32. The molecule has 0 fully saturated rings. The molecule has 0 radical (unpaired) electrons. The fourth-order valence-electron chi connectivity index (χ4n) is 1.00. The van der Waals surface area contributed by atoms with Crippen LogP contribution in [0.2, 0.25) is 0 Å². The summed E-state index contributed by atoms with van der Waals surface area (Å²) >= 11 is 0. The van der Waals surface area contributed by atoms with Crippen LogP contribution in [0.25, 0.3) is 0 Å². The second kappa shape index (κ2) is 3.34. The van der Waals surface area contributed by atoms with Gasteiger partial charge < -0.3 is 5.11 Å². The topological polar surface area (TPSA) is 54.4 Å². The van der Waals surface area contributed by atoms with Crippen LogP contribution in [0.1, 0.15) is 20.3 Å². The van der Waals surface area contributed by atoms with Gasteiger partial charge in [-0.25, -0.2) is 8.42 Å². The molecule has 0 aliphatic heterocycles. The van der Waals surface area contributed by atoms with Gasteiger partial charge in [0.1, 0.15) is 0 Å². The van der Waals surface area contributed by atoms with E-state index >= 15 is 0 Å². The van der Waals surface area contributed by atoms with Crippen LogP contribution >= 0.6 is 0 Å². The van der Waals surface area contributed by atoms with Crippen molar-refractivity contribution in [1.29, 1.82) is 0 Å². The minimum Gasteiger partial charge on any atom is -0.392 e. The van der Waals surface area contributed by atoms with Crippen molar-refractivity contribution in [2.24, 2.45) is 0 Å². The number of hydrogen-bond donors (Lipinski definition) is 1. The maximum Gasteiger partial charge on any atom is 0.152 e. The maximum atomic E-state index is 10.8. The first kappa shape index (κ1) is 9.91. The summed E-state index contributed by atoms with van der Waals surface area (Å²) in [6.07, 6.45) is 0.852. The van der Waals surface area contributed by atoms with Crippen molar-refractivity contribution < 1.29 is 13.5 Å². The van der Waals surface area contributed by atoms with Crippen molar-refractivity contribution in [3.8, 4) is 0 Å². The van der Waals surface area contributed by atoms with Crippen molar-refractivity contribution in [3.05, 3.63) is 0 Å². The zero-order chi connectivity index (χ0) is 8.36. The van der Waals surface area contributed by atoms with Gasteiger partial charge in [0.15, 0.2) is 9.84 Å². The molecule has 0 bridgehead atoms. The molecule has 4 heteroatoms. The van der Waals surface area contributed by atoms with Gasteiger partial charge in [-0.15, -0.1) is 0 Å². The lowest BCUT2D eigenvalue weighted by atomic mass is 10.2. The molecule has 1 N–H and O–H groups in total. The molecule has 2 atom stereocenters. The number of aliphatic hydroxyl groups excluding tert-OH is 1. The van der Waals surface area contributed by atoms with Crippen LogP contribution in [0, 0.1) is 0 Å². The largest absolute Gasteiger partial charge is 0.392 e. The van der Waals surface area contributed by atoms with Crippen LogP contribution in [-0.4, -0.2) is 31.1 Å². The summed E-state index contributed by atoms with van der Waals surface area (Å²) < 4.78 is 21.7. The molecule has 0 saturated heterocycles. The van der Waals surface area contributed by atoms with Crippen LogP contribution in [0.5, 0.6) is 0 Å². The van der Waals surface area contributed by atoms with E-state index in [-0.39, 0.29) is 0 Å². The summed E-state index contributed by atoms with van der Waals surface area (Å²) in [6, 6.07) is 0. The standard InChI is InChI=1S/C6H14O3S/c1-4-6(5(2)7)10(3,8)9/h5-7H,4H2,1-3H3/t5-,6-/m0/s1. The lowest BCUT2D eigenvalue weighted by molar-refractivity contribution is 0.186. The van der Waals surface area contributed by atoms with E-state index < -0.39 is 21.2 Å². The maximum absolute atomic E-state index is 10.8. The van der Waals surface area contributed by atoms with Crippen molar-refractivity contribution >= 4 is 9.84 Å². The van der Waals surface area contributed by atoms with Crippen LogP contribution in [0.15, 0.2) is 0 Å². The summed E-state index contributed by atoms with van der Waals surface area (Å²) in [7, 11) is -3.06. The molecule has 3 nitrogen and oxygen atoms in total. The third kappa shape index (κ3) is 2.66. The molecule has 10 heavy (non-hydrogen) atoms. The van der Waals surface area contributed by atoms with Crippen molar-refractivity contribution in [2.75, 3.05) is 6.26 Å². The third-order valence-electron chi connectivity index (χ3n) is 1.49. The van der Waals surface area contributed by atoms with Gasteiger partial charge in [-0.2, -0.15) is 0 Å². The van der Waals surface area contributed by atoms with Gasteiger partial charge in [-0.3, -0.25) is 0 Å². The monoisotopic (exact) mass is 166 g/mol. The SMILES string of the molecule is CC[C@@H]([C@H](C)O)S(C)(=O)=O. The van der Waals surface area contributed by atoms with Gasteiger partial charge in [-0.1, -0.05) is 6.92 Å². The Morgan fingerprint density at radius 3 is 1.90 bits per heavy atom. The lowest BCUT2D eigenvalue weighted by Crippen LogP contribution is -2.30. The predicted octanol–water partition coefficient (Wildman–Crippen LogP) is 0.190. The fraction of sp³-hybridized carbons (Fsp3) is 1.00. The minimum atomic E-state index is -3.06. The van der Waals surface area contributed by atoms with E-state index in [9.17, 15) is 8.42 Å². The van der Waals surface area contributed by atoms with E-state index in [1.165, 1.54) is 6.92 Å². The average Bonchev–Trinajstić information content (AvgIpc) is 1.60. The third-order valence-corrected chi connectivity index (χ3v) is 3.32. The van der Waals surface area contributed by atoms with Crippen LogP contribution in [0.3, 0.4) is 0 Å². The second-order valence-electron chi connectivity index (χ2n) is 2.52. The smallest absolute Gasteiger partial charge is 0.152 e. The average molecular weight is 166 g/mol. The van der Waals surface area contributed by atoms with E-state index in [1.54, 1.807) is 6.92 Å². The highest BCUT2D eigenvalue weighted by molar-refractivity contribution is 7.91.